The Balaban J connectivity index is 5.14. The van der Waals surface area contributed by atoms with Crippen LogP contribution in [0.4, 0.5) is 9.59 Å². The van der Waals surface area contributed by atoms with Crippen molar-refractivity contribution in [1.82, 2.24) is 10.4 Å². The second-order valence-electron chi connectivity index (χ2n) is 7.76. The molecule has 0 fully saturated rings. The third-order valence-electron chi connectivity index (χ3n) is 2.91. The molecule has 0 saturated heterocycles. The Morgan fingerprint density at radius 2 is 1.62 bits per heavy atom. The van der Waals surface area contributed by atoms with Crippen LogP contribution < -0.4 is 5.43 Å². The number of hydrogen-bond acceptors (Lipinski definition) is 4. The van der Waals surface area contributed by atoms with Crippen LogP contribution in [0, 0.1) is 0 Å². The van der Waals surface area contributed by atoms with E-state index in [2.05, 4.69) is 18.9 Å². The van der Waals surface area contributed by atoms with Gasteiger partial charge in [0.05, 0.1) is 6.04 Å². The summed E-state index contributed by atoms with van der Waals surface area (Å²) in [5.74, 6) is 0. The Bertz CT molecular complexity index is 422. The van der Waals surface area contributed by atoms with Crippen LogP contribution >= 0.6 is 0 Å². The topological polar surface area (TPSA) is 67.9 Å². The Morgan fingerprint density at radius 1 is 1.08 bits per heavy atom. The van der Waals surface area contributed by atoms with E-state index in [0.717, 1.165) is 19.3 Å². The largest absolute Gasteiger partial charge is 0.443 e. The summed E-state index contributed by atoms with van der Waals surface area (Å²) >= 11 is 0. The van der Waals surface area contributed by atoms with Gasteiger partial charge in [0.2, 0.25) is 0 Å². The standard InChI is InChI=1S/C18H34N2O4/c1-9-11-12-13-14(10-2)20(16(22)24-18(6,7)8)19-15(21)23-17(3,4)5/h10,14H,2,9,11-13H2,1,3-8H3,(H,19,21). The molecule has 140 valence electrons. The maximum atomic E-state index is 12.5. The number of nitrogens with one attached hydrogen (secondary N) is 1. The molecule has 0 aromatic heterocycles. The molecule has 0 radical (unpaired) electrons. The van der Waals surface area contributed by atoms with Gasteiger partial charge in [-0.25, -0.2) is 20.0 Å². The highest BCUT2D eigenvalue weighted by Gasteiger charge is 2.30. The molecule has 2 amide bonds. The van der Waals surface area contributed by atoms with Crippen molar-refractivity contribution in [2.75, 3.05) is 0 Å². The van der Waals surface area contributed by atoms with Crippen LogP contribution in [0.2, 0.25) is 0 Å². The van der Waals surface area contributed by atoms with Gasteiger partial charge in [-0.2, -0.15) is 0 Å². The van der Waals surface area contributed by atoms with Crippen LogP contribution in [0.15, 0.2) is 12.7 Å². The number of rotatable bonds is 6. The zero-order valence-electron chi connectivity index (χ0n) is 16.3. The van der Waals surface area contributed by atoms with E-state index in [1.165, 1.54) is 5.01 Å². The van der Waals surface area contributed by atoms with Crippen LogP contribution in [0.3, 0.4) is 0 Å². The highest BCUT2D eigenvalue weighted by molar-refractivity contribution is 5.75. The van der Waals surface area contributed by atoms with E-state index in [1.807, 2.05) is 0 Å². The molecule has 1 unspecified atom stereocenters. The zero-order valence-corrected chi connectivity index (χ0v) is 16.3. The van der Waals surface area contributed by atoms with Gasteiger partial charge in [-0.05, 0) is 48.0 Å². The molecule has 1 N–H and O–H groups in total. The summed E-state index contributed by atoms with van der Waals surface area (Å²) in [5, 5.41) is 1.17. The summed E-state index contributed by atoms with van der Waals surface area (Å²) in [6.07, 6.45) is 4.02. The Hall–Kier alpha value is -1.72. The van der Waals surface area contributed by atoms with E-state index in [0.29, 0.717) is 6.42 Å². The summed E-state index contributed by atoms with van der Waals surface area (Å²) in [6, 6.07) is -0.362. The fourth-order valence-corrected chi connectivity index (χ4v) is 1.93. The summed E-state index contributed by atoms with van der Waals surface area (Å²) in [7, 11) is 0. The molecule has 0 aliphatic heterocycles. The molecule has 6 heteroatoms. The van der Waals surface area contributed by atoms with Crippen molar-refractivity contribution in [3.05, 3.63) is 12.7 Å². The second-order valence-corrected chi connectivity index (χ2v) is 7.76. The van der Waals surface area contributed by atoms with Crippen molar-refractivity contribution in [1.29, 1.82) is 0 Å². The van der Waals surface area contributed by atoms with Crippen LogP contribution in [-0.2, 0) is 9.47 Å². The summed E-state index contributed by atoms with van der Waals surface area (Å²) in [5.41, 5.74) is 1.18. The van der Waals surface area contributed by atoms with Gasteiger partial charge in [-0.3, -0.25) is 0 Å². The number of unbranched alkanes of at least 4 members (excludes halogenated alkanes) is 2. The number of carbonyl (C=O) groups excluding carboxylic acids is 2. The number of nitrogens with zero attached hydrogens (tertiary/aromatic N) is 1. The van der Waals surface area contributed by atoms with Gasteiger partial charge in [-0.15, -0.1) is 6.58 Å². The lowest BCUT2D eigenvalue weighted by Gasteiger charge is -2.32. The summed E-state index contributed by atoms with van der Waals surface area (Å²) in [4.78, 5) is 24.6. The first kappa shape index (κ1) is 22.3. The van der Waals surface area contributed by atoms with Crippen molar-refractivity contribution in [3.63, 3.8) is 0 Å². The Morgan fingerprint density at radius 3 is 2.04 bits per heavy atom. The molecule has 0 aliphatic rings. The monoisotopic (exact) mass is 342 g/mol. The van der Waals surface area contributed by atoms with E-state index in [-0.39, 0.29) is 6.04 Å². The summed E-state index contributed by atoms with van der Waals surface area (Å²) in [6.45, 7) is 16.5. The smallest absolute Gasteiger partial charge is 0.429 e. The molecule has 6 nitrogen and oxygen atoms in total. The molecule has 0 rings (SSSR count). The summed E-state index contributed by atoms with van der Waals surface area (Å²) < 4.78 is 10.6. The molecule has 0 aliphatic carbocycles. The highest BCUT2D eigenvalue weighted by atomic mass is 16.6. The number of hydrazine groups is 1. The van der Waals surface area contributed by atoms with Crippen LogP contribution in [-0.4, -0.2) is 34.4 Å². The molecule has 0 heterocycles. The quantitative estimate of drug-likeness (QED) is 0.428. The first-order chi connectivity index (χ1) is 10.9. The number of amides is 2. The second kappa shape index (κ2) is 9.55. The number of hydrogen-bond donors (Lipinski definition) is 1. The van der Waals surface area contributed by atoms with E-state index < -0.39 is 23.4 Å². The predicted octanol–water partition coefficient (Wildman–Crippen LogP) is 4.80. The van der Waals surface area contributed by atoms with Crippen molar-refractivity contribution in [2.24, 2.45) is 0 Å². The van der Waals surface area contributed by atoms with E-state index >= 15 is 0 Å². The van der Waals surface area contributed by atoms with E-state index in [9.17, 15) is 9.59 Å². The fraction of sp³-hybridized carbons (Fsp3) is 0.778. The SMILES string of the molecule is C=CC(CCCCC)N(NC(=O)OC(C)(C)C)C(=O)OC(C)(C)C. The van der Waals surface area contributed by atoms with Gasteiger partial charge in [0.25, 0.3) is 0 Å². The van der Waals surface area contributed by atoms with E-state index in [1.54, 1.807) is 47.6 Å². The lowest BCUT2D eigenvalue weighted by Crippen LogP contribution is -2.53. The molecule has 0 saturated carbocycles. The highest BCUT2D eigenvalue weighted by Crippen LogP contribution is 2.16. The maximum absolute atomic E-state index is 12.5. The van der Waals surface area contributed by atoms with Crippen molar-refractivity contribution < 1.29 is 19.1 Å². The van der Waals surface area contributed by atoms with E-state index in [4.69, 9.17) is 9.47 Å². The van der Waals surface area contributed by atoms with Gasteiger partial charge >= 0.3 is 12.2 Å². The molecule has 0 bridgehead atoms. The third kappa shape index (κ3) is 10.1. The zero-order chi connectivity index (χ0) is 19.0. The molecule has 0 aromatic rings. The maximum Gasteiger partial charge on any atom is 0.429 e. The van der Waals surface area contributed by atoms with Crippen molar-refractivity contribution in [3.8, 4) is 0 Å². The van der Waals surface area contributed by atoms with Gasteiger partial charge < -0.3 is 9.47 Å². The van der Waals surface area contributed by atoms with Gasteiger partial charge in [0.1, 0.15) is 11.2 Å². The molecule has 1 atom stereocenters. The number of ether oxygens (including phenoxy) is 2. The van der Waals surface area contributed by atoms with Crippen molar-refractivity contribution in [2.45, 2.75) is 91.4 Å². The third-order valence-corrected chi connectivity index (χ3v) is 2.91. The Labute approximate surface area is 146 Å². The average molecular weight is 342 g/mol. The first-order valence-corrected chi connectivity index (χ1v) is 8.54. The molecular weight excluding hydrogens is 308 g/mol. The minimum atomic E-state index is -0.698. The molecular formula is C18H34N2O4. The van der Waals surface area contributed by atoms with Crippen LogP contribution in [0.25, 0.3) is 0 Å². The van der Waals surface area contributed by atoms with Gasteiger partial charge in [0.15, 0.2) is 0 Å². The first-order valence-electron chi connectivity index (χ1n) is 8.54. The Kier molecular flexibility index (Phi) is 8.86. The van der Waals surface area contributed by atoms with Crippen LogP contribution in [0.1, 0.15) is 74.1 Å². The van der Waals surface area contributed by atoms with Crippen molar-refractivity contribution >= 4 is 12.2 Å². The minimum absolute atomic E-state index is 0.362. The molecule has 0 spiro atoms. The van der Waals surface area contributed by atoms with Crippen LogP contribution in [0.5, 0.6) is 0 Å². The van der Waals surface area contributed by atoms with Gasteiger partial charge in [-0.1, -0.05) is 32.3 Å². The molecule has 24 heavy (non-hydrogen) atoms. The average Bonchev–Trinajstić information content (AvgIpc) is 2.37. The number of carbonyl (C=O) groups is 2. The minimum Gasteiger partial charge on any atom is -0.443 e. The normalized spacial score (nSPS) is 13.0. The fourth-order valence-electron chi connectivity index (χ4n) is 1.93. The molecule has 0 aromatic carbocycles. The predicted molar refractivity (Wildman–Crippen MR) is 95.6 cm³/mol. The lowest BCUT2D eigenvalue weighted by molar-refractivity contribution is -0.00579. The van der Waals surface area contributed by atoms with Gasteiger partial charge in [0, 0.05) is 0 Å². The lowest BCUT2D eigenvalue weighted by atomic mass is 10.1.